The molecule has 3 heteroatoms. The van der Waals surface area contributed by atoms with Crippen molar-refractivity contribution in [3.63, 3.8) is 0 Å². The molecule has 1 aromatic carbocycles. The van der Waals surface area contributed by atoms with Gasteiger partial charge in [-0.2, -0.15) is 0 Å². The minimum Gasteiger partial charge on any atom is -0.396 e. The lowest BCUT2D eigenvalue weighted by Gasteiger charge is -2.17. The van der Waals surface area contributed by atoms with Gasteiger partial charge in [0.05, 0.1) is 0 Å². The fourth-order valence-corrected chi connectivity index (χ4v) is 3.07. The van der Waals surface area contributed by atoms with Gasteiger partial charge >= 0.3 is 0 Å². The molecule has 0 amide bonds. The summed E-state index contributed by atoms with van der Waals surface area (Å²) in [4.78, 5) is 0. The van der Waals surface area contributed by atoms with Crippen LogP contribution in [-0.2, 0) is 6.42 Å². The van der Waals surface area contributed by atoms with Gasteiger partial charge in [0, 0.05) is 17.1 Å². The van der Waals surface area contributed by atoms with E-state index in [1.165, 1.54) is 22.0 Å². The lowest BCUT2D eigenvalue weighted by Crippen LogP contribution is -2.25. The first kappa shape index (κ1) is 13.1. The highest BCUT2D eigenvalue weighted by Crippen LogP contribution is 2.35. The second-order valence-corrected chi connectivity index (χ2v) is 5.78. The number of fused-ring (bicyclic) bond motifs is 1. The Bertz CT molecular complexity index is 380. The fraction of sp³-hybridized carbons (Fsp3) is 0.571. The van der Waals surface area contributed by atoms with Crippen LogP contribution in [0.25, 0.3) is 0 Å². The van der Waals surface area contributed by atoms with Crippen molar-refractivity contribution in [1.82, 2.24) is 5.32 Å². The molecule has 2 unspecified atom stereocenters. The Morgan fingerprint density at radius 2 is 2.35 bits per heavy atom. The zero-order valence-corrected chi connectivity index (χ0v) is 11.8. The summed E-state index contributed by atoms with van der Waals surface area (Å²) >= 11 is 3.62. The molecule has 0 bridgehead atoms. The van der Waals surface area contributed by atoms with E-state index in [4.69, 9.17) is 5.11 Å². The van der Waals surface area contributed by atoms with E-state index in [0.29, 0.717) is 12.0 Å². The van der Waals surface area contributed by atoms with E-state index in [1.54, 1.807) is 0 Å². The number of halogens is 1. The molecular formula is C14H20BrNO. The van der Waals surface area contributed by atoms with Crippen LogP contribution in [0.1, 0.15) is 36.9 Å². The first-order chi connectivity index (χ1) is 8.22. The third-order valence-corrected chi connectivity index (χ3v) is 4.29. The van der Waals surface area contributed by atoms with Gasteiger partial charge in [0.15, 0.2) is 0 Å². The summed E-state index contributed by atoms with van der Waals surface area (Å²) in [5.41, 5.74) is 2.90. The fourth-order valence-electron chi connectivity index (χ4n) is 2.49. The van der Waals surface area contributed by atoms with E-state index in [-0.39, 0.29) is 6.61 Å². The Morgan fingerprint density at radius 3 is 3.12 bits per heavy atom. The minimum atomic E-state index is 0.287. The largest absolute Gasteiger partial charge is 0.396 e. The highest BCUT2D eigenvalue weighted by atomic mass is 79.9. The molecule has 2 atom stereocenters. The molecule has 0 saturated carbocycles. The monoisotopic (exact) mass is 297 g/mol. The molecule has 2 N–H and O–H groups in total. The van der Waals surface area contributed by atoms with Crippen LogP contribution in [0, 0.1) is 5.92 Å². The molecule has 0 aromatic heterocycles. The van der Waals surface area contributed by atoms with Gasteiger partial charge in [-0.1, -0.05) is 35.0 Å². The first-order valence-corrected chi connectivity index (χ1v) is 7.13. The minimum absolute atomic E-state index is 0.287. The van der Waals surface area contributed by atoms with Gasteiger partial charge in [-0.25, -0.2) is 0 Å². The molecule has 17 heavy (non-hydrogen) atoms. The summed E-state index contributed by atoms with van der Waals surface area (Å²) in [6.07, 6.45) is 3.22. The molecule has 1 aliphatic rings. The number of hydrogen-bond acceptors (Lipinski definition) is 2. The van der Waals surface area contributed by atoms with E-state index in [2.05, 4.69) is 46.4 Å². The quantitative estimate of drug-likeness (QED) is 0.875. The van der Waals surface area contributed by atoms with E-state index < -0.39 is 0 Å². The van der Waals surface area contributed by atoms with Gasteiger partial charge in [-0.05, 0) is 48.9 Å². The van der Waals surface area contributed by atoms with Crippen LogP contribution in [0.5, 0.6) is 0 Å². The Hall–Kier alpha value is -0.380. The highest BCUT2D eigenvalue weighted by molar-refractivity contribution is 9.10. The van der Waals surface area contributed by atoms with Gasteiger partial charge in [0.2, 0.25) is 0 Å². The maximum atomic E-state index is 8.89. The zero-order valence-electron chi connectivity index (χ0n) is 10.2. The van der Waals surface area contributed by atoms with E-state index >= 15 is 0 Å². The van der Waals surface area contributed by atoms with Crippen LogP contribution in [0.3, 0.4) is 0 Å². The van der Waals surface area contributed by atoms with Crippen LogP contribution in [0.4, 0.5) is 0 Å². The molecule has 0 aliphatic heterocycles. The third kappa shape index (κ3) is 3.09. The number of rotatable bonds is 5. The van der Waals surface area contributed by atoms with Gasteiger partial charge in [0.25, 0.3) is 0 Å². The molecule has 94 valence electrons. The number of nitrogens with one attached hydrogen (secondary N) is 1. The predicted octanol–water partition coefficient (Wildman–Crippen LogP) is 3.04. The Morgan fingerprint density at radius 1 is 1.53 bits per heavy atom. The van der Waals surface area contributed by atoms with Crippen molar-refractivity contribution in [1.29, 1.82) is 0 Å². The predicted molar refractivity (Wildman–Crippen MR) is 74.1 cm³/mol. The SMILES string of the molecule is CC(CCO)CNC1CCc2c(Br)cccc21. The van der Waals surface area contributed by atoms with Crippen molar-refractivity contribution in [2.45, 2.75) is 32.2 Å². The van der Waals surface area contributed by atoms with Crippen LogP contribution in [0.15, 0.2) is 22.7 Å². The topological polar surface area (TPSA) is 32.3 Å². The van der Waals surface area contributed by atoms with Crippen LogP contribution < -0.4 is 5.32 Å². The summed E-state index contributed by atoms with van der Waals surface area (Å²) in [6, 6.07) is 6.94. The lowest BCUT2D eigenvalue weighted by molar-refractivity contribution is 0.257. The van der Waals surface area contributed by atoms with Crippen molar-refractivity contribution in [2.75, 3.05) is 13.2 Å². The smallest absolute Gasteiger partial charge is 0.0434 e. The lowest BCUT2D eigenvalue weighted by atomic mass is 10.1. The number of benzene rings is 1. The van der Waals surface area contributed by atoms with Crippen molar-refractivity contribution in [3.05, 3.63) is 33.8 Å². The van der Waals surface area contributed by atoms with Gasteiger partial charge < -0.3 is 10.4 Å². The maximum Gasteiger partial charge on any atom is 0.0434 e. The van der Waals surface area contributed by atoms with Gasteiger partial charge in [-0.3, -0.25) is 0 Å². The summed E-state index contributed by atoms with van der Waals surface area (Å²) in [6.45, 7) is 3.45. The van der Waals surface area contributed by atoms with Crippen molar-refractivity contribution < 1.29 is 5.11 Å². The third-order valence-electron chi connectivity index (χ3n) is 3.55. The molecule has 0 spiro atoms. The average molecular weight is 298 g/mol. The summed E-state index contributed by atoms with van der Waals surface area (Å²) in [5.74, 6) is 0.538. The molecule has 0 heterocycles. The zero-order chi connectivity index (χ0) is 12.3. The number of aliphatic hydroxyl groups excluding tert-OH is 1. The van der Waals surface area contributed by atoms with E-state index in [0.717, 1.165) is 19.4 Å². The normalized spacial score (nSPS) is 20.3. The second-order valence-electron chi connectivity index (χ2n) is 4.92. The van der Waals surface area contributed by atoms with E-state index in [1.807, 2.05) is 0 Å². The molecule has 2 rings (SSSR count). The number of aliphatic hydroxyl groups is 1. The average Bonchev–Trinajstić information content (AvgIpc) is 2.72. The first-order valence-electron chi connectivity index (χ1n) is 6.34. The van der Waals surface area contributed by atoms with Gasteiger partial charge in [0.1, 0.15) is 0 Å². The molecular weight excluding hydrogens is 278 g/mol. The van der Waals surface area contributed by atoms with Crippen molar-refractivity contribution in [2.24, 2.45) is 5.92 Å². The Kier molecular flexibility index (Phi) is 4.60. The molecule has 0 fully saturated rings. The molecule has 2 nitrogen and oxygen atoms in total. The summed E-state index contributed by atoms with van der Waals surface area (Å²) < 4.78 is 1.24. The summed E-state index contributed by atoms with van der Waals surface area (Å²) in [7, 11) is 0. The van der Waals surface area contributed by atoms with Gasteiger partial charge in [-0.15, -0.1) is 0 Å². The highest BCUT2D eigenvalue weighted by Gasteiger charge is 2.23. The standard InChI is InChI=1S/C14H20BrNO/c1-10(7-8-17)9-16-14-6-5-11-12(14)3-2-4-13(11)15/h2-4,10,14,16-17H,5-9H2,1H3. The molecule has 1 aromatic rings. The van der Waals surface area contributed by atoms with Crippen molar-refractivity contribution >= 4 is 15.9 Å². The van der Waals surface area contributed by atoms with Crippen LogP contribution in [-0.4, -0.2) is 18.3 Å². The van der Waals surface area contributed by atoms with E-state index in [9.17, 15) is 0 Å². The van der Waals surface area contributed by atoms with Crippen LogP contribution in [0.2, 0.25) is 0 Å². The van der Waals surface area contributed by atoms with Crippen molar-refractivity contribution in [3.8, 4) is 0 Å². The molecule has 1 aliphatic carbocycles. The molecule has 0 saturated heterocycles. The summed E-state index contributed by atoms with van der Waals surface area (Å²) in [5, 5.41) is 12.5. The second kappa shape index (κ2) is 5.98. The maximum absolute atomic E-state index is 8.89. The molecule has 0 radical (unpaired) electrons. The number of hydrogen-bond donors (Lipinski definition) is 2. The van der Waals surface area contributed by atoms with Crippen LogP contribution >= 0.6 is 15.9 Å². The Labute approximate surface area is 112 Å². The Balaban J connectivity index is 1.96.